The Kier molecular flexibility index (Phi) is 4.84. The number of anilines is 1. The molecule has 0 bridgehead atoms. The van der Waals surface area contributed by atoms with Gasteiger partial charge in [-0.3, -0.25) is 9.59 Å². The lowest BCUT2D eigenvalue weighted by molar-refractivity contribution is -0.119. The molecule has 0 aromatic carbocycles. The van der Waals surface area contributed by atoms with Crippen molar-refractivity contribution in [2.45, 2.75) is 52.5 Å². The van der Waals surface area contributed by atoms with Crippen LogP contribution in [0.4, 0.5) is 5.13 Å². The van der Waals surface area contributed by atoms with E-state index in [9.17, 15) is 9.59 Å². The smallest absolute Gasteiger partial charge is 0.267 e. The van der Waals surface area contributed by atoms with E-state index in [2.05, 4.69) is 20.5 Å². The van der Waals surface area contributed by atoms with E-state index in [1.165, 1.54) is 27.0 Å². The molecule has 9 heteroatoms. The molecule has 1 aliphatic rings. The highest BCUT2D eigenvalue weighted by Gasteiger charge is 2.22. The summed E-state index contributed by atoms with van der Waals surface area (Å²) in [6, 6.07) is 4.17. The lowest BCUT2D eigenvalue weighted by Gasteiger charge is -2.14. The van der Waals surface area contributed by atoms with Crippen molar-refractivity contribution in [1.82, 2.24) is 24.5 Å². The van der Waals surface area contributed by atoms with Crippen LogP contribution in [0.1, 0.15) is 47.8 Å². The normalized spacial score (nSPS) is 14.5. The summed E-state index contributed by atoms with van der Waals surface area (Å²) in [7, 11) is 0. The van der Waals surface area contributed by atoms with Crippen LogP contribution in [0, 0.1) is 13.8 Å². The van der Waals surface area contributed by atoms with Gasteiger partial charge in [0.1, 0.15) is 6.04 Å². The van der Waals surface area contributed by atoms with Crippen molar-refractivity contribution in [2.24, 2.45) is 0 Å². The lowest BCUT2D eigenvalue weighted by atomic mass is 10.0. The first-order valence-corrected chi connectivity index (χ1v) is 10.2. The molecule has 0 saturated carbocycles. The molecule has 1 unspecified atom stereocenters. The number of hydrogen-bond donors (Lipinski definition) is 1. The monoisotopic (exact) mass is 398 g/mol. The molecule has 0 spiro atoms. The molecule has 146 valence electrons. The van der Waals surface area contributed by atoms with Crippen molar-refractivity contribution in [2.75, 3.05) is 5.32 Å². The minimum atomic E-state index is -0.773. The van der Waals surface area contributed by atoms with Crippen LogP contribution in [0.3, 0.4) is 0 Å². The molecule has 3 heterocycles. The molecule has 1 amide bonds. The first-order valence-electron chi connectivity index (χ1n) is 9.35. The second-order valence-corrected chi connectivity index (χ2v) is 8.16. The van der Waals surface area contributed by atoms with Gasteiger partial charge in [0.15, 0.2) is 10.9 Å². The Labute approximate surface area is 166 Å². The van der Waals surface area contributed by atoms with Gasteiger partial charge in [0.25, 0.3) is 11.5 Å². The number of hydrogen-bond acceptors (Lipinski definition) is 6. The minimum Gasteiger partial charge on any atom is -0.300 e. The van der Waals surface area contributed by atoms with E-state index in [-0.39, 0.29) is 11.5 Å². The maximum Gasteiger partial charge on any atom is 0.267 e. The highest BCUT2D eigenvalue weighted by atomic mass is 32.1. The summed E-state index contributed by atoms with van der Waals surface area (Å²) >= 11 is 1.52. The Bertz CT molecular complexity index is 1070. The van der Waals surface area contributed by atoms with Crippen LogP contribution in [0.5, 0.6) is 0 Å². The van der Waals surface area contributed by atoms with E-state index < -0.39 is 6.04 Å². The Hall–Kier alpha value is -2.81. The summed E-state index contributed by atoms with van der Waals surface area (Å²) in [5.41, 5.74) is 2.50. The van der Waals surface area contributed by atoms with E-state index in [1.807, 2.05) is 19.9 Å². The molecule has 1 N–H and O–H groups in total. The zero-order valence-electron chi connectivity index (χ0n) is 16.1. The van der Waals surface area contributed by atoms with E-state index in [0.29, 0.717) is 10.9 Å². The predicted molar refractivity (Wildman–Crippen MR) is 107 cm³/mol. The predicted octanol–water partition coefficient (Wildman–Crippen LogP) is 2.58. The first-order chi connectivity index (χ1) is 13.4. The third-order valence-corrected chi connectivity index (χ3v) is 5.93. The SMILES string of the molecule is Cc1cc(C)n(-c2ccc(=O)n(C(C)C(=O)Nc3nc4c(s3)CCCC4)n2)n1. The van der Waals surface area contributed by atoms with E-state index in [0.717, 1.165) is 42.8 Å². The van der Waals surface area contributed by atoms with Crippen LogP contribution >= 0.6 is 11.3 Å². The van der Waals surface area contributed by atoms with Gasteiger partial charge in [-0.2, -0.15) is 5.10 Å². The molecule has 0 fully saturated rings. The lowest BCUT2D eigenvalue weighted by Crippen LogP contribution is -2.33. The third kappa shape index (κ3) is 3.49. The molecule has 8 nitrogen and oxygen atoms in total. The van der Waals surface area contributed by atoms with Crippen molar-refractivity contribution in [3.63, 3.8) is 0 Å². The van der Waals surface area contributed by atoms with E-state index in [1.54, 1.807) is 17.7 Å². The molecule has 0 saturated heterocycles. The zero-order chi connectivity index (χ0) is 19.8. The van der Waals surface area contributed by atoms with Gasteiger partial charge in [-0.1, -0.05) is 0 Å². The Morgan fingerprint density at radius 1 is 1.21 bits per heavy atom. The van der Waals surface area contributed by atoms with Gasteiger partial charge in [-0.15, -0.1) is 16.4 Å². The van der Waals surface area contributed by atoms with Crippen molar-refractivity contribution in [3.05, 3.63) is 50.5 Å². The largest absolute Gasteiger partial charge is 0.300 e. The van der Waals surface area contributed by atoms with Crippen LogP contribution < -0.4 is 10.9 Å². The van der Waals surface area contributed by atoms with Gasteiger partial charge in [0.05, 0.1) is 11.4 Å². The van der Waals surface area contributed by atoms with Crippen molar-refractivity contribution < 1.29 is 4.79 Å². The van der Waals surface area contributed by atoms with Gasteiger partial charge in [-0.25, -0.2) is 14.3 Å². The van der Waals surface area contributed by atoms with Crippen molar-refractivity contribution >= 4 is 22.4 Å². The number of carbonyl (C=O) groups is 1. The van der Waals surface area contributed by atoms with E-state index >= 15 is 0 Å². The number of aromatic nitrogens is 5. The second kappa shape index (κ2) is 7.31. The third-order valence-electron chi connectivity index (χ3n) is 4.86. The molecular weight excluding hydrogens is 376 g/mol. The maximum atomic E-state index is 12.7. The van der Waals surface area contributed by atoms with Gasteiger partial charge in [-0.05, 0) is 58.6 Å². The number of thiazole rings is 1. The number of rotatable bonds is 4. The standard InChI is InChI=1S/C19H22N6O2S/c1-11-10-12(2)24(22-11)16-8-9-17(26)25(23-16)13(3)18(27)21-19-20-14-6-4-5-7-15(14)28-19/h8-10,13H,4-7H2,1-3H3,(H,20,21,27). The number of nitrogens with one attached hydrogen (secondary N) is 1. The van der Waals surface area contributed by atoms with Crippen molar-refractivity contribution in [3.8, 4) is 5.82 Å². The van der Waals surface area contributed by atoms with Crippen molar-refractivity contribution in [1.29, 1.82) is 0 Å². The van der Waals surface area contributed by atoms with Crippen LogP contribution in [-0.4, -0.2) is 30.5 Å². The van der Waals surface area contributed by atoms with Crippen LogP contribution in [0.25, 0.3) is 5.82 Å². The average molecular weight is 398 g/mol. The number of amides is 1. The molecule has 3 aromatic heterocycles. The fourth-order valence-electron chi connectivity index (χ4n) is 3.39. The average Bonchev–Trinajstić information content (AvgIpc) is 3.23. The molecule has 1 aliphatic carbocycles. The quantitative estimate of drug-likeness (QED) is 0.729. The minimum absolute atomic E-state index is 0.314. The summed E-state index contributed by atoms with van der Waals surface area (Å²) < 4.78 is 2.85. The number of aryl methyl sites for hydroxylation is 4. The Morgan fingerprint density at radius 3 is 2.71 bits per heavy atom. The zero-order valence-corrected chi connectivity index (χ0v) is 16.9. The highest BCUT2D eigenvalue weighted by molar-refractivity contribution is 7.15. The highest BCUT2D eigenvalue weighted by Crippen LogP contribution is 2.29. The molecule has 28 heavy (non-hydrogen) atoms. The van der Waals surface area contributed by atoms with Crippen LogP contribution in [0.2, 0.25) is 0 Å². The summed E-state index contributed by atoms with van der Waals surface area (Å²) in [5.74, 6) is 0.181. The van der Waals surface area contributed by atoms with E-state index in [4.69, 9.17) is 0 Å². The fraction of sp³-hybridized carbons (Fsp3) is 0.421. The fourth-order valence-corrected chi connectivity index (χ4v) is 4.45. The first kappa shape index (κ1) is 18.5. The maximum absolute atomic E-state index is 12.7. The molecule has 1 atom stereocenters. The summed E-state index contributed by atoms with van der Waals surface area (Å²) in [4.78, 5) is 30.8. The van der Waals surface area contributed by atoms with Gasteiger partial charge in [0, 0.05) is 16.6 Å². The molecular formula is C19H22N6O2S. The molecule has 0 radical (unpaired) electrons. The summed E-state index contributed by atoms with van der Waals surface area (Å²) in [6.07, 6.45) is 4.28. The molecule has 0 aliphatic heterocycles. The number of carbonyl (C=O) groups excluding carboxylic acids is 1. The molecule has 4 rings (SSSR count). The Morgan fingerprint density at radius 2 is 2.00 bits per heavy atom. The summed E-state index contributed by atoms with van der Waals surface area (Å²) in [6.45, 7) is 5.46. The summed E-state index contributed by atoms with van der Waals surface area (Å²) in [5, 5.41) is 12.2. The van der Waals surface area contributed by atoms with Gasteiger partial charge >= 0.3 is 0 Å². The number of nitrogens with zero attached hydrogens (tertiary/aromatic N) is 5. The molecule has 3 aromatic rings. The van der Waals surface area contributed by atoms with Crippen LogP contribution in [-0.2, 0) is 17.6 Å². The van der Waals surface area contributed by atoms with Gasteiger partial charge < -0.3 is 5.32 Å². The topological polar surface area (TPSA) is 94.7 Å². The Balaban J connectivity index is 1.58. The number of fused-ring (bicyclic) bond motifs is 1. The van der Waals surface area contributed by atoms with Gasteiger partial charge in [0.2, 0.25) is 0 Å². The van der Waals surface area contributed by atoms with Crippen LogP contribution in [0.15, 0.2) is 23.0 Å². The second-order valence-electron chi connectivity index (χ2n) is 7.07.